The van der Waals surface area contributed by atoms with E-state index in [1.165, 1.54) is 0 Å². The van der Waals surface area contributed by atoms with Gasteiger partial charge < -0.3 is 4.74 Å². The average Bonchev–Trinajstić information content (AvgIpc) is 2.26. The minimum atomic E-state index is 0.640. The number of hydrogen-bond donors (Lipinski definition) is 0. The van der Waals surface area contributed by atoms with Gasteiger partial charge in [0.25, 0.3) is 0 Å². The zero-order chi connectivity index (χ0) is 10.3. The summed E-state index contributed by atoms with van der Waals surface area (Å²) < 4.78 is 5.38. The lowest BCUT2D eigenvalue weighted by Crippen LogP contribution is -2.11. The predicted molar refractivity (Wildman–Crippen MR) is 57.9 cm³/mol. The van der Waals surface area contributed by atoms with Crippen LogP contribution in [0.4, 0.5) is 0 Å². The molecule has 1 aliphatic rings. The minimum absolute atomic E-state index is 0.640. The Labute approximate surface area is 92.1 Å². The maximum atomic E-state index is 5.88. The molecule has 0 radical (unpaired) electrons. The molecule has 0 amide bonds. The van der Waals surface area contributed by atoms with Gasteiger partial charge >= 0.3 is 0 Å². The van der Waals surface area contributed by atoms with Gasteiger partial charge in [-0.05, 0) is 12.1 Å². The van der Waals surface area contributed by atoms with Crippen LogP contribution in [0, 0.1) is 0 Å². The molecule has 15 heavy (non-hydrogen) atoms. The van der Waals surface area contributed by atoms with Crippen molar-refractivity contribution in [3.63, 3.8) is 0 Å². The van der Waals surface area contributed by atoms with Gasteiger partial charge in [-0.2, -0.15) is 0 Å². The molecule has 0 aromatic carbocycles. The highest BCUT2D eigenvalue weighted by Crippen LogP contribution is 2.21. The van der Waals surface area contributed by atoms with Crippen LogP contribution >= 0.6 is 11.6 Å². The maximum Gasteiger partial charge on any atom is 0.159 e. The SMILES string of the molecule is Clc1cnc2nc3c(cc2c1)COCC3. The summed E-state index contributed by atoms with van der Waals surface area (Å²) in [5.41, 5.74) is 3.02. The number of nitrogens with zero attached hydrogens (tertiary/aromatic N) is 2. The topological polar surface area (TPSA) is 35.0 Å². The van der Waals surface area contributed by atoms with E-state index >= 15 is 0 Å². The molecular formula is C11H9ClN2O. The van der Waals surface area contributed by atoms with Gasteiger partial charge in [-0.25, -0.2) is 9.97 Å². The predicted octanol–water partition coefficient (Wildman–Crippen LogP) is 2.36. The van der Waals surface area contributed by atoms with Crippen LogP contribution in [0.25, 0.3) is 11.0 Å². The smallest absolute Gasteiger partial charge is 0.159 e. The molecule has 3 nitrogen and oxygen atoms in total. The van der Waals surface area contributed by atoms with Crippen LogP contribution in [0.5, 0.6) is 0 Å². The number of rotatable bonds is 0. The van der Waals surface area contributed by atoms with Crippen molar-refractivity contribution in [2.24, 2.45) is 0 Å². The third kappa shape index (κ3) is 1.58. The molecule has 0 spiro atoms. The van der Waals surface area contributed by atoms with E-state index in [9.17, 15) is 0 Å². The van der Waals surface area contributed by atoms with E-state index < -0.39 is 0 Å². The molecule has 4 heteroatoms. The van der Waals surface area contributed by atoms with Crippen LogP contribution in [0.2, 0.25) is 5.02 Å². The third-order valence-electron chi connectivity index (χ3n) is 2.54. The van der Waals surface area contributed by atoms with Crippen molar-refractivity contribution in [3.05, 3.63) is 34.6 Å². The fourth-order valence-electron chi connectivity index (χ4n) is 1.81. The third-order valence-corrected chi connectivity index (χ3v) is 2.75. The number of fused-ring (bicyclic) bond motifs is 2. The first-order valence-corrected chi connectivity index (χ1v) is 5.22. The highest BCUT2D eigenvalue weighted by molar-refractivity contribution is 6.31. The van der Waals surface area contributed by atoms with E-state index in [4.69, 9.17) is 16.3 Å². The lowest BCUT2D eigenvalue weighted by molar-refractivity contribution is 0.109. The standard InChI is InChI=1S/C11H9ClN2O/c12-9-4-7-3-8-6-15-2-1-10(8)14-11(7)13-5-9/h3-5H,1-2,6H2. The van der Waals surface area contributed by atoms with E-state index in [2.05, 4.69) is 16.0 Å². The first kappa shape index (κ1) is 9.07. The van der Waals surface area contributed by atoms with E-state index in [1.54, 1.807) is 6.20 Å². The van der Waals surface area contributed by atoms with Crippen LogP contribution in [0.1, 0.15) is 11.3 Å². The summed E-state index contributed by atoms with van der Waals surface area (Å²) in [6, 6.07) is 3.95. The molecule has 3 rings (SSSR count). The van der Waals surface area contributed by atoms with Gasteiger partial charge in [0.05, 0.1) is 23.9 Å². The molecule has 0 aliphatic carbocycles. The summed E-state index contributed by atoms with van der Waals surface area (Å²) in [6.07, 6.45) is 2.50. The summed E-state index contributed by atoms with van der Waals surface area (Å²) in [5.74, 6) is 0. The zero-order valence-electron chi connectivity index (χ0n) is 8.03. The van der Waals surface area contributed by atoms with Gasteiger partial charge in [0.2, 0.25) is 0 Å². The lowest BCUT2D eigenvalue weighted by Gasteiger charge is -2.15. The van der Waals surface area contributed by atoms with Crippen LogP contribution in [-0.4, -0.2) is 16.6 Å². The van der Waals surface area contributed by atoms with Crippen LogP contribution in [0.3, 0.4) is 0 Å². The Bertz CT molecular complexity index is 527. The zero-order valence-corrected chi connectivity index (χ0v) is 8.79. The largest absolute Gasteiger partial charge is 0.376 e. The molecule has 0 N–H and O–H groups in total. The Balaban J connectivity index is 2.26. The number of hydrogen-bond acceptors (Lipinski definition) is 3. The highest BCUT2D eigenvalue weighted by Gasteiger charge is 2.12. The second kappa shape index (κ2) is 3.43. The van der Waals surface area contributed by atoms with Crippen LogP contribution in [-0.2, 0) is 17.8 Å². The lowest BCUT2D eigenvalue weighted by atomic mass is 10.1. The van der Waals surface area contributed by atoms with E-state index in [0.717, 1.165) is 35.3 Å². The van der Waals surface area contributed by atoms with Gasteiger partial charge in [-0.15, -0.1) is 0 Å². The average molecular weight is 221 g/mol. The van der Waals surface area contributed by atoms with Gasteiger partial charge in [-0.3, -0.25) is 0 Å². The van der Waals surface area contributed by atoms with Crippen molar-refractivity contribution >= 4 is 22.6 Å². The summed E-state index contributed by atoms with van der Waals surface area (Å²) in [7, 11) is 0. The first-order valence-electron chi connectivity index (χ1n) is 4.85. The number of aromatic nitrogens is 2. The Morgan fingerprint density at radius 3 is 3.20 bits per heavy atom. The van der Waals surface area contributed by atoms with Crippen molar-refractivity contribution in [3.8, 4) is 0 Å². The van der Waals surface area contributed by atoms with E-state index in [1.807, 2.05) is 6.07 Å². The number of pyridine rings is 2. The van der Waals surface area contributed by atoms with E-state index in [0.29, 0.717) is 11.6 Å². The fourth-order valence-corrected chi connectivity index (χ4v) is 1.98. The molecule has 0 saturated heterocycles. The number of ether oxygens (including phenoxy) is 1. The molecular weight excluding hydrogens is 212 g/mol. The van der Waals surface area contributed by atoms with Crippen molar-refractivity contribution in [2.45, 2.75) is 13.0 Å². The van der Waals surface area contributed by atoms with Gasteiger partial charge in [-0.1, -0.05) is 11.6 Å². The first-order chi connectivity index (χ1) is 7.33. The van der Waals surface area contributed by atoms with Crippen molar-refractivity contribution in [1.29, 1.82) is 0 Å². The van der Waals surface area contributed by atoms with Gasteiger partial charge in [0.15, 0.2) is 5.65 Å². The Hall–Kier alpha value is -1.19. The molecule has 0 fully saturated rings. The molecule has 0 atom stereocenters. The summed E-state index contributed by atoms with van der Waals surface area (Å²) >= 11 is 5.88. The molecule has 2 aromatic heterocycles. The Morgan fingerprint density at radius 2 is 2.27 bits per heavy atom. The van der Waals surface area contributed by atoms with E-state index in [-0.39, 0.29) is 0 Å². The monoisotopic (exact) mass is 220 g/mol. The molecule has 3 heterocycles. The van der Waals surface area contributed by atoms with Crippen molar-refractivity contribution < 1.29 is 4.74 Å². The van der Waals surface area contributed by atoms with Gasteiger partial charge in [0, 0.05) is 23.6 Å². The van der Waals surface area contributed by atoms with Gasteiger partial charge in [0.1, 0.15) is 0 Å². The second-order valence-electron chi connectivity index (χ2n) is 3.60. The summed E-state index contributed by atoms with van der Waals surface area (Å²) in [5, 5.41) is 1.62. The molecule has 76 valence electrons. The highest BCUT2D eigenvalue weighted by atomic mass is 35.5. The number of halogens is 1. The molecule has 0 bridgehead atoms. The minimum Gasteiger partial charge on any atom is -0.376 e. The second-order valence-corrected chi connectivity index (χ2v) is 4.03. The molecule has 1 aliphatic heterocycles. The fraction of sp³-hybridized carbons (Fsp3) is 0.273. The van der Waals surface area contributed by atoms with Crippen molar-refractivity contribution in [1.82, 2.24) is 9.97 Å². The summed E-state index contributed by atoms with van der Waals surface area (Å²) in [6.45, 7) is 1.39. The molecule has 0 unspecified atom stereocenters. The molecule has 0 saturated carbocycles. The van der Waals surface area contributed by atoms with Crippen molar-refractivity contribution in [2.75, 3.05) is 6.61 Å². The summed E-state index contributed by atoms with van der Waals surface area (Å²) in [4.78, 5) is 8.71. The normalized spacial score (nSPS) is 15.3. The Kier molecular flexibility index (Phi) is 2.08. The Morgan fingerprint density at radius 1 is 1.33 bits per heavy atom. The van der Waals surface area contributed by atoms with Crippen LogP contribution < -0.4 is 0 Å². The molecule has 2 aromatic rings. The quantitative estimate of drug-likeness (QED) is 0.684. The maximum absolute atomic E-state index is 5.88. The van der Waals surface area contributed by atoms with Crippen LogP contribution in [0.15, 0.2) is 18.3 Å².